The molecule has 2 N–H and O–H groups in total. The van der Waals surface area contributed by atoms with Crippen molar-refractivity contribution in [2.24, 2.45) is 0 Å². The minimum atomic E-state index is -0.193. The number of hydrogen-bond acceptors (Lipinski definition) is 3. The van der Waals surface area contributed by atoms with Gasteiger partial charge in [0, 0.05) is 12.0 Å². The third kappa shape index (κ3) is 3.78. The van der Waals surface area contributed by atoms with E-state index in [9.17, 15) is 10.1 Å². The highest BCUT2D eigenvalue weighted by Gasteiger charge is 2.20. The number of carbonyl (C=O) groups is 1. The third-order valence-electron chi connectivity index (χ3n) is 3.20. The number of benzene rings is 1. The number of amides is 1. The van der Waals surface area contributed by atoms with Crippen LogP contribution in [0.4, 0.5) is 5.82 Å². The van der Waals surface area contributed by atoms with Crippen molar-refractivity contribution >= 4 is 46.5 Å². The van der Waals surface area contributed by atoms with Crippen molar-refractivity contribution in [3.63, 3.8) is 0 Å². The lowest BCUT2D eigenvalue weighted by Crippen LogP contribution is -2.12. The number of rotatable bonds is 5. The van der Waals surface area contributed by atoms with Crippen molar-refractivity contribution < 1.29 is 4.79 Å². The van der Waals surface area contributed by atoms with E-state index in [1.54, 1.807) is 12.1 Å². The van der Waals surface area contributed by atoms with Gasteiger partial charge in [-0.2, -0.15) is 10.4 Å². The zero-order valence-electron chi connectivity index (χ0n) is 12.2. The molecule has 0 spiro atoms. The highest BCUT2D eigenvalue weighted by molar-refractivity contribution is 6.49. The summed E-state index contributed by atoms with van der Waals surface area (Å²) < 4.78 is 0. The number of H-pyrrole nitrogens is 1. The molecule has 2 aromatic rings. The van der Waals surface area contributed by atoms with Crippen molar-refractivity contribution in [3.05, 3.63) is 32.8 Å². The molecule has 0 fully saturated rings. The first-order chi connectivity index (χ1) is 11.0. The average Bonchev–Trinajstić information content (AvgIpc) is 2.93. The Morgan fingerprint density at radius 1 is 1.35 bits per heavy atom. The van der Waals surface area contributed by atoms with Crippen LogP contribution in [-0.2, 0) is 4.79 Å². The van der Waals surface area contributed by atoms with Gasteiger partial charge in [0.05, 0.1) is 20.8 Å². The molecule has 1 heterocycles. The van der Waals surface area contributed by atoms with E-state index in [1.165, 1.54) is 0 Å². The molecule has 0 saturated carbocycles. The summed E-state index contributed by atoms with van der Waals surface area (Å²) >= 11 is 18.1. The smallest absolute Gasteiger partial charge is 0.225 e. The summed E-state index contributed by atoms with van der Waals surface area (Å²) in [5.41, 5.74) is 1.05. The number of anilines is 1. The molecule has 0 unspecified atom stereocenters. The highest BCUT2D eigenvalue weighted by atomic mass is 35.5. The largest absolute Gasteiger partial charge is 0.308 e. The fourth-order valence-electron chi connectivity index (χ4n) is 1.99. The van der Waals surface area contributed by atoms with Crippen LogP contribution in [0, 0.1) is 11.3 Å². The van der Waals surface area contributed by atoms with E-state index in [4.69, 9.17) is 34.8 Å². The quantitative estimate of drug-likeness (QED) is 0.723. The maximum absolute atomic E-state index is 11.8. The number of nitriles is 1. The fourth-order valence-corrected chi connectivity index (χ4v) is 2.62. The van der Waals surface area contributed by atoms with Gasteiger partial charge in [0.1, 0.15) is 11.6 Å². The van der Waals surface area contributed by atoms with Crippen molar-refractivity contribution in [2.75, 3.05) is 5.32 Å². The molecule has 5 nitrogen and oxygen atoms in total. The van der Waals surface area contributed by atoms with Crippen LogP contribution in [0.25, 0.3) is 11.3 Å². The Bertz CT molecular complexity index is 780. The van der Waals surface area contributed by atoms with E-state index < -0.39 is 0 Å². The van der Waals surface area contributed by atoms with Gasteiger partial charge in [-0.3, -0.25) is 9.89 Å². The predicted octanol–water partition coefficient (Wildman–Crippen LogP) is 5.04. The van der Waals surface area contributed by atoms with E-state index in [2.05, 4.69) is 15.5 Å². The van der Waals surface area contributed by atoms with Gasteiger partial charge in [-0.1, -0.05) is 48.1 Å². The molecule has 0 atom stereocenters. The molecule has 23 heavy (non-hydrogen) atoms. The van der Waals surface area contributed by atoms with Gasteiger partial charge in [-0.05, 0) is 18.6 Å². The molecule has 120 valence electrons. The van der Waals surface area contributed by atoms with Crippen LogP contribution in [0.3, 0.4) is 0 Å². The Labute approximate surface area is 148 Å². The summed E-state index contributed by atoms with van der Waals surface area (Å²) in [6.45, 7) is 1.99. The standard InChI is InChI=1S/C15H13Cl3N4O/c1-2-3-4-11(23)20-15-9(7-19)14(21-22-15)8-5-6-10(16)13(18)12(8)17/h5-6H,2-4H2,1H3,(H2,20,21,22,23). The van der Waals surface area contributed by atoms with E-state index in [1.807, 2.05) is 13.0 Å². The summed E-state index contributed by atoms with van der Waals surface area (Å²) in [7, 11) is 0. The summed E-state index contributed by atoms with van der Waals surface area (Å²) in [5, 5.41) is 19.4. The van der Waals surface area contributed by atoms with Crippen LogP contribution >= 0.6 is 34.8 Å². The van der Waals surface area contributed by atoms with E-state index in [0.29, 0.717) is 22.7 Å². The van der Waals surface area contributed by atoms with Crippen LogP contribution in [0.2, 0.25) is 15.1 Å². The second-order valence-corrected chi connectivity index (χ2v) is 5.97. The van der Waals surface area contributed by atoms with Gasteiger partial charge in [0.2, 0.25) is 5.91 Å². The molecular weight excluding hydrogens is 359 g/mol. The second kappa shape index (κ2) is 7.69. The molecule has 2 rings (SSSR count). The number of nitrogens with zero attached hydrogens (tertiary/aromatic N) is 2. The maximum Gasteiger partial charge on any atom is 0.225 e. The molecule has 8 heteroatoms. The molecule has 1 amide bonds. The summed E-state index contributed by atoms with van der Waals surface area (Å²) in [5.74, 6) is -0.0209. The van der Waals surface area contributed by atoms with Crippen LogP contribution in [0.1, 0.15) is 31.7 Å². The van der Waals surface area contributed by atoms with E-state index in [0.717, 1.165) is 12.8 Å². The van der Waals surface area contributed by atoms with E-state index in [-0.39, 0.29) is 27.3 Å². The molecule has 0 saturated heterocycles. The molecule has 1 aromatic carbocycles. The molecule has 0 aliphatic heterocycles. The van der Waals surface area contributed by atoms with Crippen LogP contribution in [0.15, 0.2) is 12.1 Å². The summed E-state index contributed by atoms with van der Waals surface area (Å²) in [6, 6.07) is 5.23. The minimum Gasteiger partial charge on any atom is -0.308 e. The normalized spacial score (nSPS) is 10.4. The monoisotopic (exact) mass is 370 g/mol. The lowest BCUT2D eigenvalue weighted by molar-refractivity contribution is -0.116. The molecular formula is C15H13Cl3N4O. The zero-order valence-corrected chi connectivity index (χ0v) is 14.5. The van der Waals surface area contributed by atoms with Crippen LogP contribution < -0.4 is 5.32 Å². The Hall–Kier alpha value is -1.74. The first kappa shape index (κ1) is 17.6. The van der Waals surface area contributed by atoms with E-state index >= 15 is 0 Å². The lowest BCUT2D eigenvalue weighted by Gasteiger charge is -2.06. The lowest BCUT2D eigenvalue weighted by atomic mass is 10.1. The zero-order chi connectivity index (χ0) is 17.0. The first-order valence-electron chi connectivity index (χ1n) is 6.91. The number of carbonyl (C=O) groups excluding carboxylic acids is 1. The maximum atomic E-state index is 11.8. The molecule has 0 bridgehead atoms. The van der Waals surface area contributed by atoms with Gasteiger partial charge in [-0.25, -0.2) is 0 Å². The number of halogens is 3. The average molecular weight is 372 g/mol. The SMILES string of the molecule is CCCCC(=O)Nc1n[nH]c(-c2ccc(Cl)c(Cl)c2Cl)c1C#N. The van der Waals surface area contributed by atoms with Crippen molar-refractivity contribution in [3.8, 4) is 17.3 Å². The topological polar surface area (TPSA) is 81.6 Å². The molecule has 0 aliphatic carbocycles. The Kier molecular flexibility index (Phi) is 5.89. The van der Waals surface area contributed by atoms with Crippen molar-refractivity contribution in [2.45, 2.75) is 26.2 Å². The van der Waals surface area contributed by atoms with Gasteiger partial charge >= 0.3 is 0 Å². The Balaban J connectivity index is 2.38. The third-order valence-corrected chi connectivity index (χ3v) is 4.49. The molecule has 1 aromatic heterocycles. The van der Waals surface area contributed by atoms with Crippen molar-refractivity contribution in [1.82, 2.24) is 10.2 Å². The highest BCUT2D eigenvalue weighted by Crippen LogP contribution is 2.39. The van der Waals surface area contributed by atoms with Gasteiger partial charge in [-0.15, -0.1) is 0 Å². The number of nitrogens with one attached hydrogen (secondary N) is 2. The molecule has 0 radical (unpaired) electrons. The van der Waals surface area contributed by atoms with Crippen LogP contribution in [-0.4, -0.2) is 16.1 Å². The number of aromatic amines is 1. The van der Waals surface area contributed by atoms with Gasteiger partial charge < -0.3 is 5.32 Å². The van der Waals surface area contributed by atoms with Gasteiger partial charge in [0.25, 0.3) is 0 Å². The van der Waals surface area contributed by atoms with Crippen molar-refractivity contribution in [1.29, 1.82) is 5.26 Å². The second-order valence-electron chi connectivity index (χ2n) is 4.81. The first-order valence-corrected chi connectivity index (χ1v) is 8.05. The summed E-state index contributed by atoms with van der Waals surface area (Å²) in [4.78, 5) is 11.8. The van der Waals surface area contributed by atoms with Gasteiger partial charge in [0.15, 0.2) is 5.82 Å². The fraction of sp³-hybridized carbons (Fsp3) is 0.267. The Morgan fingerprint density at radius 2 is 2.09 bits per heavy atom. The minimum absolute atomic E-state index is 0.172. The number of unbranched alkanes of at least 4 members (excludes halogenated alkanes) is 1. The Morgan fingerprint density at radius 3 is 2.74 bits per heavy atom. The van der Waals surface area contributed by atoms with Crippen LogP contribution in [0.5, 0.6) is 0 Å². The number of aromatic nitrogens is 2. The predicted molar refractivity (Wildman–Crippen MR) is 91.9 cm³/mol. The summed E-state index contributed by atoms with van der Waals surface area (Å²) in [6.07, 6.45) is 2.05. The molecule has 0 aliphatic rings. The number of hydrogen-bond donors (Lipinski definition) is 2.